The highest BCUT2D eigenvalue weighted by Gasteiger charge is 2.79. The Bertz CT molecular complexity index is 3900. The molecule has 0 saturated heterocycles. The van der Waals surface area contributed by atoms with Gasteiger partial charge in [-0.15, -0.1) is 0 Å². The molecule has 0 fully saturated rings. The summed E-state index contributed by atoms with van der Waals surface area (Å²) in [5, 5.41) is 59.0. The summed E-state index contributed by atoms with van der Waals surface area (Å²) in [6.45, 7) is 21.0. The topological polar surface area (TPSA) is 266 Å². The van der Waals surface area contributed by atoms with Crippen molar-refractivity contribution >= 4 is 51.5 Å². The normalized spacial score (nSPS) is 12.9. The van der Waals surface area contributed by atoms with Gasteiger partial charge in [-0.1, -0.05) is 154 Å². The molecule has 27 heteroatoms. The molecule has 0 aromatic heterocycles. The Kier molecular flexibility index (Phi) is 40.8. The lowest BCUT2D eigenvalue weighted by atomic mass is 9.83. The number of methoxy groups -OCH3 is 1. The number of ether oxygens (including phenoxy) is 7. The number of hydrogen-bond donors (Lipinski definition) is 4. The van der Waals surface area contributed by atoms with Crippen LogP contribution in [0.5, 0.6) is 17.2 Å². The number of phenols is 1. The first-order chi connectivity index (χ1) is 53.9. The van der Waals surface area contributed by atoms with E-state index < -0.39 is 64.1 Å². The van der Waals surface area contributed by atoms with Crippen LogP contribution in [0.2, 0.25) is 0 Å². The predicted molar refractivity (Wildman–Crippen MR) is 424 cm³/mol. The molecule has 1 aliphatic rings. The van der Waals surface area contributed by atoms with Crippen molar-refractivity contribution in [1.82, 2.24) is 4.90 Å². The van der Waals surface area contributed by atoms with E-state index in [4.69, 9.17) is 43.7 Å². The van der Waals surface area contributed by atoms with Crippen LogP contribution < -0.4 is 19.8 Å². The summed E-state index contributed by atoms with van der Waals surface area (Å²) in [5.74, 6) is -2.07. The van der Waals surface area contributed by atoms with Gasteiger partial charge in [0.05, 0.1) is 96.6 Å². The molecule has 1 heterocycles. The SMILES string of the molecule is CCC(C)(C)C(=O)OC(C)(C)C(O)(C(F)(F)F)C(F)(F)F.CCC(C)(C)C(=O)Oc1ccc(O)cc1.CCC(C)(C)OC(=O)N1c2ccccc2CC1C(=O)[O-].COCOCCN(CCOCCO)CCOCCO.[O-]c1ccccc1[S+](c1ccccc1)c1ccccc1.c1ccc([S+](c2ccccc2)c2ccccc2)cc1. The van der Waals surface area contributed by atoms with Crippen LogP contribution in [0.1, 0.15) is 101 Å². The fraction of sp³-hybridized carbons (Fsp3) is 0.402. The lowest BCUT2D eigenvalue weighted by Crippen LogP contribution is -2.70. The number of aliphatic hydroxyl groups is 3. The summed E-state index contributed by atoms with van der Waals surface area (Å²) in [7, 11) is 1.23. The number of aliphatic carboxylic acids is 1. The molecule has 0 saturated carbocycles. The van der Waals surface area contributed by atoms with Gasteiger partial charge in [-0.05, 0) is 177 Å². The smallest absolute Gasteiger partial charge is 0.430 e. The Balaban J connectivity index is 0.000000289. The summed E-state index contributed by atoms with van der Waals surface area (Å²) < 4.78 is 112. The number of para-hydroxylation sites is 2. The molecule has 4 N–H and O–H groups in total. The van der Waals surface area contributed by atoms with Crippen LogP contribution in [0, 0.1) is 10.8 Å². The summed E-state index contributed by atoms with van der Waals surface area (Å²) in [4.78, 5) is 57.6. The molecule has 1 unspecified atom stereocenters. The first kappa shape index (κ1) is 97.4. The third-order valence-electron chi connectivity index (χ3n) is 17.9. The molecule has 8 aromatic carbocycles. The van der Waals surface area contributed by atoms with E-state index in [1.165, 1.54) is 62.3 Å². The Morgan fingerprint density at radius 2 is 0.886 bits per heavy atom. The number of halogens is 6. The number of nitrogens with zero attached hydrogens (tertiary/aromatic N) is 2. The fourth-order valence-corrected chi connectivity index (χ4v) is 14.3. The van der Waals surface area contributed by atoms with Crippen molar-refractivity contribution in [2.75, 3.05) is 84.7 Å². The van der Waals surface area contributed by atoms with Gasteiger partial charge in [-0.25, -0.2) is 4.79 Å². The zero-order valence-corrected chi connectivity index (χ0v) is 68.3. The standard InChI is InChI=1S/C18H14OS.C18H15S.C15H19NO4.C12H18F6O3.C12H27NO6.C12H16O3/c19-17-13-7-8-14-18(17)20(15-9-3-1-4-10-15)16-11-5-2-6-12-16;1-4-10-16(11-5-1)19(17-12-6-2-7-13-17)18-14-8-3-9-15-18;1-4-15(2,3)20-14(19)16-11-8-6-5-7-10(11)9-12(16)13(17)18;1-6-8(2,3)7(19)21-9(4,5)10(20,11(13,14)15)12(16,17)18;1-16-12-19-9-4-13(2-7-17-10-5-14)3-8-18-11-6-15;1-4-12(2,3)11(14)15-10-7-5-9(13)6-8-10/h1-14H;1-15H;5-8,12H,4,9H2,1-3H3,(H,17,18);20H,6H2,1-5H3;14-15H,2-12H2,1H3;5-8,13H,4H2,1-3H3/q;+1;;;;/p-1. The van der Waals surface area contributed by atoms with Crippen molar-refractivity contribution in [3.63, 3.8) is 0 Å². The van der Waals surface area contributed by atoms with Crippen molar-refractivity contribution in [3.8, 4) is 17.2 Å². The van der Waals surface area contributed by atoms with Crippen LogP contribution in [-0.4, -0.2) is 164 Å². The lowest BCUT2D eigenvalue weighted by molar-refractivity contribution is -0.408. The third kappa shape index (κ3) is 30.6. The summed E-state index contributed by atoms with van der Waals surface area (Å²) in [6, 6.07) is 72.1. The molecule has 9 rings (SSSR count). The van der Waals surface area contributed by atoms with Gasteiger partial charge in [0.1, 0.15) is 23.9 Å². The first-order valence-corrected chi connectivity index (χ1v) is 39.4. The number of phenolic OH excluding ortho intramolecular Hbond substituents is 1. The number of esters is 2. The maximum absolute atomic E-state index is 12.8. The number of aliphatic hydroxyl groups excluding tert-OH is 2. The van der Waals surface area contributed by atoms with Crippen LogP contribution in [-0.2, 0) is 71.0 Å². The second-order valence-electron chi connectivity index (χ2n) is 27.9. The van der Waals surface area contributed by atoms with Gasteiger partial charge in [0.25, 0.3) is 5.60 Å². The van der Waals surface area contributed by atoms with E-state index >= 15 is 0 Å². The highest BCUT2D eigenvalue weighted by Crippen LogP contribution is 2.51. The Morgan fingerprint density at radius 1 is 0.500 bits per heavy atom. The molecule has 0 radical (unpaired) electrons. The van der Waals surface area contributed by atoms with Gasteiger partial charge in [0, 0.05) is 33.2 Å². The van der Waals surface area contributed by atoms with E-state index in [0.717, 1.165) is 36.5 Å². The number of alkyl halides is 6. The van der Waals surface area contributed by atoms with Crippen LogP contribution >= 0.6 is 0 Å². The van der Waals surface area contributed by atoms with E-state index in [1.54, 1.807) is 57.4 Å². The number of carboxylic acids is 1. The van der Waals surface area contributed by atoms with E-state index in [0.29, 0.717) is 64.7 Å². The number of aromatic hydroxyl groups is 1. The molecule has 622 valence electrons. The average Bonchev–Trinajstić information content (AvgIpc) is 0.763. The molecule has 0 aliphatic carbocycles. The van der Waals surface area contributed by atoms with E-state index in [-0.39, 0.29) is 72.1 Å². The highest BCUT2D eigenvalue weighted by atomic mass is 32.2. The largest absolute Gasteiger partial charge is 0.869 e. The summed E-state index contributed by atoms with van der Waals surface area (Å²) >= 11 is 0. The minimum Gasteiger partial charge on any atom is -0.869 e. The number of amides is 1. The van der Waals surface area contributed by atoms with E-state index in [9.17, 15) is 60.8 Å². The number of anilines is 1. The molecule has 114 heavy (non-hydrogen) atoms. The van der Waals surface area contributed by atoms with Crippen LogP contribution in [0.4, 0.5) is 36.8 Å². The van der Waals surface area contributed by atoms with E-state index in [1.807, 2.05) is 88.4 Å². The number of carbonyl (C=O) groups is 4. The first-order valence-electron chi connectivity index (χ1n) is 37.0. The second kappa shape index (κ2) is 47.8. The van der Waals surface area contributed by atoms with Gasteiger partial charge in [0.2, 0.25) is 0 Å². The minimum atomic E-state index is -6.06. The Hall–Kier alpha value is -9.00. The number of hydrogen-bond acceptors (Lipinski definition) is 18. The molecule has 1 amide bonds. The molecule has 0 bridgehead atoms. The average molecular weight is 1630 g/mol. The molecule has 8 aromatic rings. The minimum absolute atomic E-state index is 0.0146. The second-order valence-corrected chi connectivity index (χ2v) is 32.0. The lowest BCUT2D eigenvalue weighted by Gasteiger charge is -2.44. The Labute approximate surface area is 671 Å². The van der Waals surface area contributed by atoms with Crippen LogP contribution in [0.15, 0.2) is 254 Å². The zero-order chi connectivity index (χ0) is 84.8. The molecular formula is C87H108F6N2O17S2. The maximum atomic E-state index is 12.8. The number of benzene rings is 8. The maximum Gasteiger partial charge on any atom is 0.430 e. The Morgan fingerprint density at radius 3 is 1.27 bits per heavy atom. The van der Waals surface area contributed by atoms with Gasteiger partial charge in [-0.3, -0.25) is 19.4 Å². The molecule has 19 nitrogen and oxygen atoms in total. The zero-order valence-electron chi connectivity index (χ0n) is 66.6. The molecule has 1 atom stereocenters. The molecule has 0 spiro atoms. The quantitative estimate of drug-likeness (QED) is 0.00785. The van der Waals surface area contributed by atoms with Crippen LogP contribution in [0.25, 0.3) is 0 Å². The predicted octanol–water partition coefficient (Wildman–Crippen LogP) is 15.4. The number of carbonyl (C=O) groups excluding carboxylic acids is 4. The molecular weight excluding hydrogens is 1520 g/mol. The van der Waals surface area contributed by atoms with Gasteiger partial charge in [0.15, 0.2) is 35.0 Å². The van der Waals surface area contributed by atoms with E-state index in [2.05, 4.69) is 125 Å². The fourth-order valence-electron chi connectivity index (χ4n) is 10.1. The number of fused-ring (bicyclic) bond motifs is 1. The van der Waals surface area contributed by atoms with Crippen molar-refractivity contribution in [2.24, 2.45) is 10.8 Å². The van der Waals surface area contributed by atoms with Gasteiger partial charge in [-0.2, -0.15) is 26.3 Å². The number of rotatable bonds is 31. The van der Waals surface area contributed by atoms with Gasteiger partial charge >= 0.3 is 30.4 Å². The van der Waals surface area contributed by atoms with Gasteiger partial charge < -0.3 is 68.6 Å². The van der Waals surface area contributed by atoms with Crippen LogP contribution in [0.3, 0.4) is 0 Å². The van der Waals surface area contributed by atoms with Crippen molar-refractivity contribution < 1.29 is 109 Å². The monoisotopic (exact) mass is 1630 g/mol. The molecule has 1 aliphatic heterocycles. The summed E-state index contributed by atoms with van der Waals surface area (Å²) in [5.41, 5.74) is -9.41. The summed E-state index contributed by atoms with van der Waals surface area (Å²) in [6.07, 6.45) is -11.0. The van der Waals surface area contributed by atoms with Crippen molar-refractivity contribution in [2.45, 2.75) is 166 Å². The third-order valence-corrected chi connectivity index (χ3v) is 22.4. The number of carboxylic acid groups (broad SMARTS) is 1. The van der Waals surface area contributed by atoms with Crippen molar-refractivity contribution in [1.29, 1.82) is 0 Å². The highest BCUT2D eigenvalue weighted by molar-refractivity contribution is 7.97. The van der Waals surface area contributed by atoms with Crippen molar-refractivity contribution in [3.05, 3.63) is 230 Å².